The second kappa shape index (κ2) is 9.65. The molecule has 0 aliphatic heterocycles. The summed E-state index contributed by atoms with van der Waals surface area (Å²) in [6.07, 6.45) is 0.671. The summed E-state index contributed by atoms with van der Waals surface area (Å²) in [4.78, 5) is 23.8. The number of hydrogen-bond donors (Lipinski definition) is 1. The van der Waals surface area contributed by atoms with E-state index in [1.807, 2.05) is 38.1 Å². The number of carbonyl (C=O) groups excluding carboxylic acids is 1. The Balaban J connectivity index is 1.69. The lowest BCUT2D eigenvalue weighted by atomic mass is 10.2. The van der Waals surface area contributed by atoms with E-state index in [9.17, 15) is 4.79 Å². The number of hydrogen-bond acceptors (Lipinski definition) is 6. The van der Waals surface area contributed by atoms with Gasteiger partial charge in [0, 0.05) is 31.8 Å². The summed E-state index contributed by atoms with van der Waals surface area (Å²) in [6.45, 7) is 12.0. The summed E-state index contributed by atoms with van der Waals surface area (Å²) in [7, 11) is 0. The van der Waals surface area contributed by atoms with E-state index >= 15 is 0 Å². The molecule has 1 aromatic carbocycles. The van der Waals surface area contributed by atoms with Gasteiger partial charge in [0.05, 0.1) is 11.0 Å². The highest BCUT2D eigenvalue weighted by Gasteiger charge is 2.15. The van der Waals surface area contributed by atoms with Crippen LogP contribution in [0.4, 0.5) is 5.95 Å². The fourth-order valence-corrected chi connectivity index (χ4v) is 3.19. The van der Waals surface area contributed by atoms with Crippen molar-refractivity contribution in [1.82, 2.24) is 24.6 Å². The quantitative estimate of drug-likeness (QED) is 0.563. The molecule has 1 amide bonds. The van der Waals surface area contributed by atoms with E-state index in [4.69, 9.17) is 4.52 Å². The van der Waals surface area contributed by atoms with Gasteiger partial charge in [-0.05, 0) is 25.2 Å². The maximum atomic E-state index is 12.5. The third-order valence-electron chi connectivity index (χ3n) is 5.01. The third kappa shape index (κ3) is 5.20. The molecule has 3 rings (SSSR count). The predicted molar refractivity (Wildman–Crippen MR) is 113 cm³/mol. The molecule has 0 aliphatic carbocycles. The molecule has 0 aliphatic rings. The smallest absolute Gasteiger partial charge is 0.227 e. The number of nitrogens with one attached hydrogen (secondary N) is 1. The minimum absolute atomic E-state index is 0.117. The van der Waals surface area contributed by atoms with Crippen LogP contribution in [0.1, 0.15) is 51.7 Å². The first-order valence-corrected chi connectivity index (χ1v) is 10.3. The zero-order valence-corrected chi connectivity index (χ0v) is 17.7. The van der Waals surface area contributed by atoms with Gasteiger partial charge in [-0.1, -0.05) is 45.0 Å². The average molecular weight is 399 g/mol. The number of para-hydroxylation sites is 2. The number of nitrogens with zero attached hydrogens (tertiary/aromatic N) is 5. The Morgan fingerprint density at radius 1 is 1.21 bits per heavy atom. The molecule has 8 nitrogen and oxygen atoms in total. The number of fused-ring (bicyclic) bond motifs is 1. The molecular weight excluding hydrogens is 368 g/mol. The Morgan fingerprint density at radius 3 is 2.66 bits per heavy atom. The molecule has 0 saturated heterocycles. The van der Waals surface area contributed by atoms with Gasteiger partial charge in [-0.25, -0.2) is 4.98 Å². The van der Waals surface area contributed by atoms with Crippen LogP contribution in [0.15, 0.2) is 28.8 Å². The van der Waals surface area contributed by atoms with Crippen LogP contribution in [0.2, 0.25) is 0 Å². The Kier molecular flexibility index (Phi) is 6.98. The lowest BCUT2D eigenvalue weighted by Crippen LogP contribution is -2.27. The van der Waals surface area contributed by atoms with Gasteiger partial charge in [0.2, 0.25) is 17.7 Å². The highest BCUT2D eigenvalue weighted by molar-refractivity contribution is 5.91. The highest BCUT2D eigenvalue weighted by Crippen LogP contribution is 2.20. The van der Waals surface area contributed by atoms with Gasteiger partial charge in [-0.2, -0.15) is 4.98 Å². The first-order valence-electron chi connectivity index (χ1n) is 10.3. The number of carbonyl (C=O) groups is 1. The van der Waals surface area contributed by atoms with Crippen LogP contribution in [0, 0.1) is 0 Å². The molecule has 0 unspecified atom stereocenters. The van der Waals surface area contributed by atoms with Gasteiger partial charge in [0.1, 0.15) is 0 Å². The van der Waals surface area contributed by atoms with Crippen LogP contribution < -0.4 is 5.32 Å². The molecule has 0 saturated carbocycles. The van der Waals surface area contributed by atoms with Crippen molar-refractivity contribution >= 4 is 22.9 Å². The third-order valence-corrected chi connectivity index (χ3v) is 5.01. The Bertz CT molecular complexity index is 942. The summed E-state index contributed by atoms with van der Waals surface area (Å²) in [5, 5.41) is 6.90. The molecule has 156 valence electrons. The molecule has 0 spiro atoms. The summed E-state index contributed by atoms with van der Waals surface area (Å²) < 4.78 is 7.30. The number of aryl methyl sites for hydroxylation is 1. The molecule has 0 atom stereocenters. The Labute approximate surface area is 171 Å². The Hall–Kier alpha value is -2.74. The fraction of sp³-hybridized carbons (Fsp3) is 0.524. The molecule has 2 aromatic heterocycles. The van der Waals surface area contributed by atoms with Crippen molar-refractivity contribution in [1.29, 1.82) is 0 Å². The molecule has 0 radical (unpaired) electrons. The summed E-state index contributed by atoms with van der Waals surface area (Å²) in [6, 6.07) is 7.94. The maximum absolute atomic E-state index is 12.5. The van der Waals surface area contributed by atoms with E-state index in [0.29, 0.717) is 24.1 Å². The maximum Gasteiger partial charge on any atom is 0.227 e. The largest absolute Gasteiger partial charge is 0.339 e. The van der Waals surface area contributed by atoms with Crippen LogP contribution in [-0.4, -0.2) is 50.1 Å². The topological polar surface area (TPSA) is 89.1 Å². The number of rotatable bonds is 10. The first kappa shape index (κ1) is 21.0. The number of benzene rings is 1. The van der Waals surface area contributed by atoms with Crippen LogP contribution in [0.3, 0.4) is 0 Å². The number of likely N-dealkylation sites (N-methyl/N-ethyl adjacent to an activating group) is 1. The van der Waals surface area contributed by atoms with E-state index in [1.165, 1.54) is 0 Å². The van der Waals surface area contributed by atoms with Crippen LogP contribution >= 0.6 is 0 Å². The number of amides is 1. The summed E-state index contributed by atoms with van der Waals surface area (Å²) >= 11 is 0. The molecule has 0 fully saturated rings. The van der Waals surface area contributed by atoms with E-state index in [0.717, 1.165) is 37.2 Å². The molecule has 2 heterocycles. The van der Waals surface area contributed by atoms with Crippen LogP contribution in [0.5, 0.6) is 0 Å². The van der Waals surface area contributed by atoms with Gasteiger partial charge in [-0.15, -0.1) is 0 Å². The second-order valence-corrected chi connectivity index (χ2v) is 7.35. The monoisotopic (exact) mass is 398 g/mol. The van der Waals surface area contributed by atoms with E-state index in [-0.39, 0.29) is 18.2 Å². The van der Waals surface area contributed by atoms with Crippen molar-refractivity contribution in [2.75, 3.05) is 25.0 Å². The molecule has 0 bridgehead atoms. The zero-order chi connectivity index (χ0) is 20.8. The van der Waals surface area contributed by atoms with E-state index in [2.05, 4.69) is 43.8 Å². The summed E-state index contributed by atoms with van der Waals surface area (Å²) in [5.41, 5.74) is 1.90. The van der Waals surface area contributed by atoms with Crippen LogP contribution in [-0.2, 0) is 17.8 Å². The lowest BCUT2D eigenvalue weighted by molar-refractivity contribution is -0.116. The van der Waals surface area contributed by atoms with Crippen molar-refractivity contribution < 1.29 is 9.32 Å². The predicted octanol–water partition coefficient (Wildman–Crippen LogP) is 3.46. The minimum Gasteiger partial charge on any atom is -0.339 e. The molecule has 29 heavy (non-hydrogen) atoms. The first-order chi connectivity index (χ1) is 14.0. The minimum atomic E-state index is -0.117. The average Bonchev–Trinajstić information content (AvgIpc) is 3.32. The molecule has 1 N–H and O–H groups in total. The normalized spacial score (nSPS) is 11.7. The van der Waals surface area contributed by atoms with E-state index < -0.39 is 0 Å². The van der Waals surface area contributed by atoms with Crippen molar-refractivity contribution in [3.63, 3.8) is 0 Å². The zero-order valence-electron chi connectivity index (χ0n) is 17.7. The van der Waals surface area contributed by atoms with Crippen molar-refractivity contribution in [2.24, 2.45) is 0 Å². The summed E-state index contributed by atoms with van der Waals surface area (Å²) in [5.74, 6) is 1.81. The van der Waals surface area contributed by atoms with Gasteiger partial charge < -0.3 is 14.0 Å². The van der Waals surface area contributed by atoms with Crippen molar-refractivity contribution in [2.45, 2.75) is 53.0 Å². The number of imidazole rings is 1. The Morgan fingerprint density at radius 2 is 1.97 bits per heavy atom. The van der Waals surface area contributed by atoms with Gasteiger partial charge in [-0.3, -0.25) is 10.1 Å². The highest BCUT2D eigenvalue weighted by atomic mass is 16.5. The molecule has 8 heteroatoms. The van der Waals surface area contributed by atoms with Crippen molar-refractivity contribution in [3.05, 3.63) is 36.0 Å². The van der Waals surface area contributed by atoms with Gasteiger partial charge in [0.25, 0.3) is 0 Å². The SMILES string of the molecule is CCN(CC)CCn1c(NC(=O)CCc2nc(C(C)C)no2)nc2ccccc21. The standard InChI is InChI=1S/C21H30N6O2/c1-5-26(6-2)13-14-27-17-10-8-7-9-16(17)22-21(27)23-18(28)11-12-19-24-20(15(3)4)25-29-19/h7-10,15H,5-6,11-14H2,1-4H3,(H,22,23,28). The number of aromatic nitrogens is 4. The van der Waals surface area contributed by atoms with Gasteiger partial charge in [0.15, 0.2) is 5.82 Å². The van der Waals surface area contributed by atoms with E-state index in [1.54, 1.807) is 0 Å². The van der Waals surface area contributed by atoms with Gasteiger partial charge >= 0.3 is 0 Å². The van der Waals surface area contributed by atoms with Crippen LogP contribution in [0.25, 0.3) is 11.0 Å². The van der Waals surface area contributed by atoms with Crippen molar-refractivity contribution in [3.8, 4) is 0 Å². The molecular formula is C21H30N6O2. The lowest BCUT2D eigenvalue weighted by Gasteiger charge is -2.19. The second-order valence-electron chi connectivity index (χ2n) is 7.35. The fourth-order valence-electron chi connectivity index (χ4n) is 3.19. The number of anilines is 1. The molecule has 3 aromatic rings.